The lowest BCUT2D eigenvalue weighted by Crippen LogP contribution is -2.12. The topological polar surface area (TPSA) is 86.5 Å². The lowest BCUT2D eigenvalue weighted by atomic mass is 10.2. The molecule has 0 saturated carbocycles. The number of hydrogen-bond donors (Lipinski definition) is 1. The van der Waals surface area contributed by atoms with Crippen LogP contribution in [0.5, 0.6) is 5.75 Å². The second-order valence-electron chi connectivity index (χ2n) is 2.51. The molecule has 0 heterocycles. The maximum Gasteiger partial charge on any atom is 0.238 e. The Morgan fingerprint density at radius 2 is 2.07 bits per heavy atom. The summed E-state index contributed by atoms with van der Waals surface area (Å²) in [5.41, 5.74) is 0.0269. The van der Waals surface area contributed by atoms with Gasteiger partial charge in [-0.15, -0.1) is 0 Å². The van der Waals surface area contributed by atoms with Crippen LogP contribution >= 0.6 is 0 Å². The second kappa shape index (κ2) is 3.77. The molecule has 0 amide bonds. The minimum atomic E-state index is -3.79. The van der Waals surface area contributed by atoms with Crippen LogP contribution in [0.2, 0.25) is 0 Å². The number of carbonyl (C=O) groups excluding carboxylic acids is 1. The molecule has 1 radical (unpaired) electrons. The lowest BCUT2D eigenvalue weighted by Gasteiger charge is -2.04. The van der Waals surface area contributed by atoms with Gasteiger partial charge in [-0.25, -0.2) is 13.6 Å². The second-order valence-corrected chi connectivity index (χ2v) is 4.07. The molecular formula is C8H8NO4S. The normalized spacial score (nSPS) is 11.0. The van der Waals surface area contributed by atoms with E-state index in [0.717, 1.165) is 6.07 Å². The van der Waals surface area contributed by atoms with Gasteiger partial charge in [0.1, 0.15) is 5.75 Å². The Hall–Kier alpha value is -1.40. The van der Waals surface area contributed by atoms with Crippen LogP contribution in [0.15, 0.2) is 23.1 Å². The molecule has 1 rings (SSSR count). The highest BCUT2D eigenvalue weighted by atomic mass is 32.2. The van der Waals surface area contributed by atoms with Gasteiger partial charge in [-0.1, -0.05) is 0 Å². The Labute approximate surface area is 81.5 Å². The van der Waals surface area contributed by atoms with Crippen molar-refractivity contribution in [1.29, 1.82) is 0 Å². The number of hydrogen-bond acceptors (Lipinski definition) is 4. The molecule has 14 heavy (non-hydrogen) atoms. The summed E-state index contributed by atoms with van der Waals surface area (Å²) in [6.07, 6.45) is 1.56. The van der Waals surface area contributed by atoms with Gasteiger partial charge in [-0.2, -0.15) is 0 Å². The van der Waals surface area contributed by atoms with Gasteiger partial charge < -0.3 is 4.74 Å². The zero-order chi connectivity index (χ0) is 10.8. The van der Waals surface area contributed by atoms with E-state index in [4.69, 9.17) is 9.88 Å². The molecule has 2 N–H and O–H groups in total. The van der Waals surface area contributed by atoms with Crippen LogP contribution < -0.4 is 9.88 Å². The van der Waals surface area contributed by atoms with E-state index in [1.54, 1.807) is 6.29 Å². The third-order valence-corrected chi connectivity index (χ3v) is 2.52. The van der Waals surface area contributed by atoms with Gasteiger partial charge in [0.25, 0.3) is 0 Å². The molecule has 0 aliphatic heterocycles. The molecule has 6 heteroatoms. The minimum absolute atomic E-state index is 0.0269. The van der Waals surface area contributed by atoms with Crippen LogP contribution in [0.4, 0.5) is 0 Å². The van der Waals surface area contributed by atoms with E-state index < -0.39 is 10.0 Å². The Bertz CT molecular complexity index is 452. The third kappa shape index (κ3) is 2.09. The molecule has 0 bridgehead atoms. The molecule has 0 fully saturated rings. The third-order valence-electron chi connectivity index (χ3n) is 1.61. The smallest absolute Gasteiger partial charge is 0.238 e. The first-order valence-corrected chi connectivity index (χ1v) is 5.12. The molecule has 0 aliphatic carbocycles. The van der Waals surface area contributed by atoms with E-state index >= 15 is 0 Å². The van der Waals surface area contributed by atoms with E-state index in [1.165, 1.54) is 19.2 Å². The van der Waals surface area contributed by atoms with Crippen molar-refractivity contribution < 1.29 is 17.9 Å². The van der Waals surface area contributed by atoms with Crippen molar-refractivity contribution in [2.45, 2.75) is 4.90 Å². The maximum absolute atomic E-state index is 10.9. The molecule has 0 spiro atoms. The summed E-state index contributed by atoms with van der Waals surface area (Å²) in [4.78, 5) is 10.3. The zero-order valence-corrected chi connectivity index (χ0v) is 8.17. The number of ether oxygens (including phenoxy) is 1. The number of primary sulfonamides is 1. The summed E-state index contributed by atoms with van der Waals surface area (Å²) in [7, 11) is -2.43. The maximum atomic E-state index is 10.9. The summed E-state index contributed by atoms with van der Waals surface area (Å²) >= 11 is 0. The lowest BCUT2D eigenvalue weighted by molar-refractivity contribution is 0.412. The molecule has 0 atom stereocenters. The minimum Gasteiger partial charge on any atom is -0.496 e. The number of benzene rings is 1. The summed E-state index contributed by atoms with van der Waals surface area (Å²) < 4.78 is 26.6. The molecule has 0 aliphatic rings. The quantitative estimate of drug-likeness (QED) is 0.754. The average molecular weight is 214 g/mol. The highest BCUT2D eigenvalue weighted by Gasteiger charge is 2.11. The van der Waals surface area contributed by atoms with Crippen LogP contribution in [0.1, 0.15) is 5.56 Å². The van der Waals surface area contributed by atoms with E-state index in [0.29, 0.717) is 0 Å². The van der Waals surface area contributed by atoms with Gasteiger partial charge in [0.15, 0.2) is 0 Å². The number of methoxy groups -OCH3 is 1. The van der Waals surface area contributed by atoms with Gasteiger partial charge in [0.2, 0.25) is 16.3 Å². The van der Waals surface area contributed by atoms with Gasteiger partial charge >= 0.3 is 0 Å². The predicted octanol–water partition coefficient (Wildman–Crippen LogP) is -0.200. The molecule has 1 aromatic rings. The SMILES string of the molecule is COc1ccc(S(N)(=O)=O)cc1[C]=O. The molecule has 5 nitrogen and oxygen atoms in total. The fourth-order valence-corrected chi connectivity index (χ4v) is 1.48. The first kappa shape index (κ1) is 10.7. The molecule has 0 aromatic heterocycles. The largest absolute Gasteiger partial charge is 0.496 e. The van der Waals surface area contributed by atoms with Gasteiger partial charge in [-0.05, 0) is 18.2 Å². The Morgan fingerprint density at radius 3 is 2.50 bits per heavy atom. The van der Waals surface area contributed by atoms with E-state index in [2.05, 4.69) is 0 Å². The Balaban J connectivity index is 3.35. The first-order chi connectivity index (χ1) is 6.49. The van der Waals surface area contributed by atoms with Crippen LogP contribution in [0.25, 0.3) is 0 Å². The van der Waals surface area contributed by atoms with Crippen LogP contribution in [0.3, 0.4) is 0 Å². The fourth-order valence-electron chi connectivity index (χ4n) is 0.944. The molecule has 75 valence electrons. The predicted molar refractivity (Wildman–Crippen MR) is 49.2 cm³/mol. The summed E-state index contributed by atoms with van der Waals surface area (Å²) in [5, 5.41) is 4.87. The van der Waals surface area contributed by atoms with Crippen molar-refractivity contribution in [2.24, 2.45) is 5.14 Å². The Kier molecular flexibility index (Phi) is 2.87. The fraction of sp³-hybridized carbons (Fsp3) is 0.125. The number of sulfonamides is 1. The number of rotatable bonds is 3. The van der Waals surface area contributed by atoms with Crippen molar-refractivity contribution in [3.05, 3.63) is 23.8 Å². The highest BCUT2D eigenvalue weighted by Crippen LogP contribution is 2.19. The first-order valence-electron chi connectivity index (χ1n) is 3.58. The summed E-state index contributed by atoms with van der Waals surface area (Å²) in [6, 6.07) is 3.72. The van der Waals surface area contributed by atoms with E-state index in [-0.39, 0.29) is 16.2 Å². The molecule has 0 unspecified atom stereocenters. The summed E-state index contributed by atoms with van der Waals surface area (Å²) in [6.45, 7) is 0. The van der Waals surface area contributed by atoms with Crippen LogP contribution in [-0.2, 0) is 14.8 Å². The molecular weight excluding hydrogens is 206 g/mol. The average Bonchev–Trinajstić information content (AvgIpc) is 2.15. The van der Waals surface area contributed by atoms with Crippen molar-refractivity contribution in [2.75, 3.05) is 7.11 Å². The molecule has 0 saturated heterocycles. The van der Waals surface area contributed by atoms with Crippen molar-refractivity contribution >= 4 is 16.3 Å². The van der Waals surface area contributed by atoms with Gasteiger partial charge in [-0.3, -0.25) is 4.79 Å². The summed E-state index contributed by atoms with van der Waals surface area (Å²) in [5.74, 6) is 0.257. The van der Waals surface area contributed by atoms with Gasteiger partial charge in [0.05, 0.1) is 17.6 Å². The Morgan fingerprint density at radius 1 is 1.43 bits per heavy atom. The van der Waals surface area contributed by atoms with Crippen molar-refractivity contribution in [3.63, 3.8) is 0 Å². The van der Waals surface area contributed by atoms with Gasteiger partial charge in [0, 0.05) is 0 Å². The van der Waals surface area contributed by atoms with Crippen LogP contribution in [0, 0.1) is 0 Å². The van der Waals surface area contributed by atoms with Crippen LogP contribution in [-0.4, -0.2) is 21.8 Å². The monoisotopic (exact) mass is 214 g/mol. The standard InChI is InChI=1S/C8H8NO4S/c1-13-8-3-2-7(14(9,11)12)4-6(8)5-10/h2-4H,1H3,(H2,9,11,12). The molecule has 1 aromatic carbocycles. The zero-order valence-electron chi connectivity index (χ0n) is 7.35. The van der Waals surface area contributed by atoms with E-state index in [1.807, 2.05) is 0 Å². The van der Waals surface area contributed by atoms with Crippen molar-refractivity contribution in [1.82, 2.24) is 0 Å². The highest BCUT2D eigenvalue weighted by molar-refractivity contribution is 7.89. The van der Waals surface area contributed by atoms with E-state index in [9.17, 15) is 13.2 Å². The van der Waals surface area contributed by atoms with Crippen molar-refractivity contribution in [3.8, 4) is 5.75 Å². The number of nitrogens with two attached hydrogens (primary N) is 1.